The fourth-order valence-electron chi connectivity index (χ4n) is 8.99. The fraction of sp³-hybridized carbons (Fsp3) is 0.250. The minimum atomic E-state index is -1.62. The number of amides is 4. The van der Waals surface area contributed by atoms with Crippen molar-refractivity contribution in [2.24, 2.45) is 23.7 Å². The molecule has 0 radical (unpaired) electrons. The highest BCUT2D eigenvalue weighted by atomic mass is 35.5. The number of phenolic OH excluding ortho intramolecular Hbond substituents is 1. The topological polar surface area (TPSA) is 159 Å². The van der Waals surface area contributed by atoms with E-state index in [9.17, 15) is 34.0 Å². The number of benzene rings is 4. The van der Waals surface area contributed by atoms with Gasteiger partial charge in [-0.3, -0.25) is 39.6 Å². The number of ether oxygens (including phenoxy) is 1. The first-order valence-corrected chi connectivity index (χ1v) is 17.8. The summed E-state index contributed by atoms with van der Waals surface area (Å²) >= 11 is 6.35. The highest BCUT2D eigenvalue weighted by Crippen LogP contribution is 2.64. The number of nitro groups is 1. The molecular formula is C40H32ClFN4O8. The van der Waals surface area contributed by atoms with Crippen LogP contribution < -0.4 is 15.1 Å². The molecule has 2 heterocycles. The van der Waals surface area contributed by atoms with E-state index in [-0.39, 0.29) is 48.0 Å². The number of aromatic hydroxyl groups is 1. The maximum Gasteiger partial charge on any atom is 0.269 e. The van der Waals surface area contributed by atoms with Crippen molar-refractivity contribution in [1.82, 2.24) is 5.01 Å². The number of anilines is 2. The lowest BCUT2D eigenvalue weighted by Gasteiger charge is -2.50. The van der Waals surface area contributed by atoms with E-state index in [0.29, 0.717) is 21.7 Å². The normalized spacial score (nSPS) is 25.9. The molecule has 1 saturated carbocycles. The minimum Gasteiger partial charge on any atom is -0.504 e. The van der Waals surface area contributed by atoms with E-state index in [1.807, 2.05) is 6.08 Å². The molecule has 0 bridgehead atoms. The average Bonchev–Trinajstić information content (AvgIpc) is 3.54. The van der Waals surface area contributed by atoms with Gasteiger partial charge in [-0.05, 0) is 97.5 Å². The molecule has 14 heteroatoms. The predicted octanol–water partition coefficient (Wildman–Crippen LogP) is 6.68. The Morgan fingerprint density at radius 3 is 2.31 bits per heavy atom. The van der Waals surface area contributed by atoms with E-state index in [1.54, 1.807) is 43.3 Å². The van der Waals surface area contributed by atoms with Crippen molar-refractivity contribution in [3.05, 3.63) is 135 Å². The number of phenols is 1. The second-order valence-corrected chi connectivity index (χ2v) is 14.3. The number of nitrogens with one attached hydrogen (secondary N) is 1. The Labute approximate surface area is 312 Å². The maximum atomic E-state index is 15.3. The molecule has 2 N–H and O–H groups in total. The molecule has 0 spiro atoms. The minimum absolute atomic E-state index is 0.0157. The Morgan fingerprint density at radius 1 is 0.944 bits per heavy atom. The van der Waals surface area contributed by atoms with Gasteiger partial charge in [-0.2, -0.15) is 5.01 Å². The smallest absolute Gasteiger partial charge is 0.269 e. The first kappa shape index (κ1) is 35.0. The van der Waals surface area contributed by atoms with E-state index in [1.165, 1.54) is 54.6 Å². The van der Waals surface area contributed by atoms with Crippen molar-refractivity contribution in [1.29, 1.82) is 0 Å². The molecular weight excluding hydrogens is 719 g/mol. The molecule has 274 valence electrons. The number of non-ortho nitro benzene ring substituents is 1. The van der Waals surface area contributed by atoms with Crippen LogP contribution in [-0.2, 0) is 24.6 Å². The second kappa shape index (κ2) is 13.1. The molecule has 0 aromatic heterocycles. The van der Waals surface area contributed by atoms with Crippen LogP contribution in [0.5, 0.6) is 11.5 Å². The Hall–Kier alpha value is -6.08. The number of halogens is 2. The Bertz CT molecular complexity index is 2260. The van der Waals surface area contributed by atoms with Gasteiger partial charge in [0.25, 0.3) is 17.5 Å². The van der Waals surface area contributed by atoms with E-state index in [4.69, 9.17) is 16.3 Å². The third kappa shape index (κ3) is 5.24. The third-order valence-electron chi connectivity index (χ3n) is 11.2. The van der Waals surface area contributed by atoms with Gasteiger partial charge in [0, 0.05) is 23.1 Å². The van der Waals surface area contributed by atoms with Crippen LogP contribution in [0.4, 0.5) is 21.5 Å². The van der Waals surface area contributed by atoms with E-state index < -0.39 is 69.4 Å². The molecule has 4 aromatic rings. The SMILES string of the molecule is CCOc1cc(C2C3=CCC4C(=O)N(c5ccc([N+](=O)[O-])cc5)C(=O)C4C3CC3C(=O)N(Nc4ccc(F)cc4)C(=O)C32c2ccc(Cl)cc2)ccc1O. The quantitative estimate of drug-likeness (QED) is 0.0867. The number of hydrazine groups is 1. The van der Waals surface area contributed by atoms with Crippen molar-refractivity contribution in [2.75, 3.05) is 16.9 Å². The summed E-state index contributed by atoms with van der Waals surface area (Å²) < 4.78 is 19.7. The predicted molar refractivity (Wildman–Crippen MR) is 194 cm³/mol. The van der Waals surface area contributed by atoms with Gasteiger partial charge < -0.3 is 9.84 Å². The van der Waals surface area contributed by atoms with Crippen LogP contribution in [-0.4, -0.2) is 45.3 Å². The zero-order valence-electron chi connectivity index (χ0n) is 28.6. The summed E-state index contributed by atoms with van der Waals surface area (Å²) in [5.41, 5.74) is 3.25. The summed E-state index contributed by atoms with van der Waals surface area (Å²) in [5.74, 6) is -7.01. The number of hydrogen-bond donors (Lipinski definition) is 2. The summed E-state index contributed by atoms with van der Waals surface area (Å²) in [6.07, 6.45) is 2.05. The molecule has 6 unspecified atom stereocenters. The van der Waals surface area contributed by atoms with Gasteiger partial charge in [-0.25, -0.2) is 4.39 Å². The van der Waals surface area contributed by atoms with Crippen LogP contribution in [0.2, 0.25) is 5.02 Å². The van der Waals surface area contributed by atoms with Crippen LogP contribution >= 0.6 is 11.6 Å². The van der Waals surface area contributed by atoms with Gasteiger partial charge in [0.15, 0.2) is 11.5 Å². The molecule has 4 aromatic carbocycles. The monoisotopic (exact) mass is 750 g/mol. The zero-order chi connectivity index (χ0) is 38.1. The number of fused-ring (bicyclic) bond motifs is 4. The molecule has 12 nitrogen and oxygen atoms in total. The van der Waals surface area contributed by atoms with Crippen LogP contribution in [0.25, 0.3) is 0 Å². The first-order valence-electron chi connectivity index (χ1n) is 17.4. The Balaban J connectivity index is 1.31. The average molecular weight is 751 g/mol. The summed E-state index contributed by atoms with van der Waals surface area (Å²) in [6, 6.07) is 21.8. The lowest BCUT2D eigenvalue weighted by Crippen LogP contribution is -2.53. The molecule has 6 atom stereocenters. The highest BCUT2D eigenvalue weighted by molar-refractivity contribution is 6.30. The number of allylic oxidation sites excluding steroid dienone is 2. The molecule has 2 saturated heterocycles. The van der Waals surface area contributed by atoms with Crippen LogP contribution in [0, 0.1) is 39.6 Å². The number of imide groups is 2. The summed E-state index contributed by atoms with van der Waals surface area (Å²) in [5, 5.41) is 23.4. The van der Waals surface area contributed by atoms with Gasteiger partial charge in [0.05, 0.1) is 46.1 Å². The van der Waals surface area contributed by atoms with Crippen LogP contribution in [0.15, 0.2) is 103 Å². The van der Waals surface area contributed by atoms with Gasteiger partial charge in [-0.15, -0.1) is 0 Å². The number of hydrogen-bond acceptors (Lipinski definition) is 9. The largest absolute Gasteiger partial charge is 0.504 e. The highest BCUT2D eigenvalue weighted by Gasteiger charge is 2.70. The number of carbonyl (C=O) groups is 4. The third-order valence-corrected chi connectivity index (χ3v) is 11.4. The number of carbonyl (C=O) groups excluding carboxylic acids is 4. The van der Waals surface area contributed by atoms with E-state index >= 15 is 4.79 Å². The molecule has 2 aliphatic carbocycles. The van der Waals surface area contributed by atoms with Crippen molar-refractivity contribution < 1.29 is 38.3 Å². The van der Waals surface area contributed by atoms with Gasteiger partial charge in [-0.1, -0.05) is 41.4 Å². The second-order valence-electron chi connectivity index (χ2n) is 13.8. The summed E-state index contributed by atoms with van der Waals surface area (Å²) in [4.78, 5) is 70.4. The molecule has 4 aliphatic rings. The van der Waals surface area contributed by atoms with Crippen LogP contribution in [0.3, 0.4) is 0 Å². The van der Waals surface area contributed by atoms with E-state index in [0.717, 1.165) is 9.91 Å². The first-order chi connectivity index (χ1) is 25.9. The lowest BCUT2D eigenvalue weighted by atomic mass is 9.49. The summed E-state index contributed by atoms with van der Waals surface area (Å²) in [7, 11) is 0. The number of nitrogens with zero attached hydrogens (tertiary/aromatic N) is 3. The zero-order valence-corrected chi connectivity index (χ0v) is 29.4. The molecule has 3 fully saturated rings. The molecule has 2 aliphatic heterocycles. The Morgan fingerprint density at radius 2 is 1.65 bits per heavy atom. The maximum absolute atomic E-state index is 15.3. The van der Waals surface area contributed by atoms with Crippen molar-refractivity contribution in [3.8, 4) is 11.5 Å². The van der Waals surface area contributed by atoms with Crippen LogP contribution in [0.1, 0.15) is 36.8 Å². The summed E-state index contributed by atoms with van der Waals surface area (Å²) in [6.45, 7) is 1.99. The van der Waals surface area contributed by atoms with Gasteiger partial charge in [0.2, 0.25) is 11.8 Å². The van der Waals surface area contributed by atoms with Gasteiger partial charge in [0.1, 0.15) is 5.82 Å². The molecule has 54 heavy (non-hydrogen) atoms. The van der Waals surface area contributed by atoms with Crippen molar-refractivity contribution >= 4 is 52.3 Å². The Kier molecular flexibility index (Phi) is 8.48. The molecule has 8 rings (SSSR count). The standard InChI is InChI=1S/C40H32ClFN4O8/c1-2-54-33-19-21(3-18-32(33)47)35-28-16-17-29-34(38(50)44(36(29)48)26-12-14-27(15-13-26)46(52)53)30(28)20-31-37(49)45(43-25-10-8-24(42)9-11-25)39(51)40(31,35)22-4-6-23(41)7-5-22/h3-16,18-19,29-31,34-35,43,47H,2,17,20H2,1H3. The number of rotatable bonds is 8. The van der Waals surface area contributed by atoms with E-state index in [2.05, 4.69) is 5.43 Å². The van der Waals surface area contributed by atoms with Crippen molar-refractivity contribution in [2.45, 2.75) is 31.1 Å². The molecule has 4 amide bonds. The van der Waals surface area contributed by atoms with Gasteiger partial charge >= 0.3 is 0 Å². The lowest BCUT2D eigenvalue weighted by molar-refractivity contribution is -0.384. The van der Waals surface area contributed by atoms with Crippen molar-refractivity contribution in [3.63, 3.8) is 0 Å². The number of nitro benzene ring substituents is 1. The fourth-order valence-corrected chi connectivity index (χ4v) is 9.12.